The molecular weight excluding hydrogens is 326 g/mol. The molecule has 2 heterocycles. The highest BCUT2D eigenvalue weighted by molar-refractivity contribution is 5.74. The second kappa shape index (κ2) is 7.89. The van der Waals surface area contributed by atoms with Crippen molar-refractivity contribution in [3.63, 3.8) is 0 Å². The van der Waals surface area contributed by atoms with Crippen LogP contribution >= 0.6 is 0 Å². The Hall–Kier alpha value is -2.37. The Labute approximate surface area is 154 Å². The Morgan fingerprint density at radius 3 is 2.73 bits per heavy atom. The van der Waals surface area contributed by atoms with E-state index in [4.69, 9.17) is 0 Å². The second-order valence-corrected chi connectivity index (χ2v) is 7.54. The molecule has 0 radical (unpaired) electrons. The minimum absolute atomic E-state index is 0.117. The van der Waals surface area contributed by atoms with Crippen LogP contribution in [0, 0.1) is 5.92 Å². The number of carbonyl (C=O) groups excluding carboxylic acids is 1. The molecule has 1 saturated heterocycles. The molecule has 1 N–H and O–H groups in total. The van der Waals surface area contributed by atoms with E-state index in [1.165, 1.54) is 12.8 Å². The monoisotopic (exact) mass is 353 g/mol. The smallest absolute Gasteiger partial charge is 0.317 e. The van der Waals surface area contributed by atoms with Crippen LogP contribution in [0.2, 0.25) is 0 Å². The zero-order valence-corrected chi connectivity index (χ0v) is 15.2. The van der Waals surface area contributed by atoms with Gasteiger partial charge in [0.25, 0.3) is 0 Å². The largest absolute Gasteiger partial charge is 0.335 e. The van der Waals surface area contributed by atoms with Crippen molar-refractivity contribution in [2.75, 3.05) is 13.1 Å². The summed E-state index contributed by atoms with van der Waals surface area (Å²) in [6, 6.07) is 10.7. The van der Waals surface area contributed by atoms with E-state index >= 15 is 0 Å². The molecule has 2 amide bonds. The van der Waals surface area contributed by atoms with Crippen LogP contribution in [0.25, 0.3) is 5.69 Å². The van der Waals surface area contributed by atoms with Crippen molar-refractivity contribution in [1.82, 2.24) is 25.0 Å². The third kappa shape index (κ3) is 3.89. The molecule has 138 valence electrons. The molecule has 0 spiro atoms. The first-order chi connectivity index (χ1) is 12.8. The predicted molar refractivity (Wildman–Crippen MR) is 100 cm³/mol. The van der Waals surface area contributed by atoms with Crippen LogP contribution < -0.4 is 5.32 Å². The fourth-order valence-corrected chi connectivity index (χ4v) is 4.21. The number of carbonyl (C=O) groups is 1. The van der Waals surface area contributed by atoms with Gasteiger partial charge in [0, 0.05) is 31.2 Å². The molecule has 1 atom stereocenters. The number of nitrogens with one attached hydrogen (secondary N) is 1. The molecule has 1 aromatic heterocycles. The molecule has 6 nitrogen and oxygen atoms in total. The van der Waals surface area contributed by atoms with Crippen molar-refractivity contribution in [3.05, 3.63) is 42.5 Å². The summed E-state index contributed by atoms with van der Waals surface area (Å²) in [5, 5.41) is 11.7. The van der Waals surface area contributed by atoms with Gasteiger partial charge in [0.15, 0.2) is 0 Å². The lowest BCUT2D eigenvalue weighted by Gasteiger charge is -2.33. The number of likely N-dealkylation sites (tertiary alicyclic amines) is 1. The van der Waals surface area contributed by atoms with E-state index in [2.05, 4.69) is 32.2 Å². The van der Waals surface area contributed by atoms with Crippen LogP contribution in [-0.2, 0) is 6.42 Å². The lowest BCUT2D eigenvalue weighted by molar-refractivity contribution is 0.161. The first-order valence-electron chi connectivity index (χ1n) is 9.79. The summed E-state index contributed by atoms with van der Waals surface area (Å²) in [6.45, 7) is 1.67. The van der Waals surface area contributed by atoms with Gasteiger partial charge in [0.05, 0.1) is 0 Å². The van der Waals surface area contributed by atoms with Gasteiger partial charge in [-0.25, -0.2) is 4.79 Å². The SMILES string of the molecule is O=C(NC1CCCC1)N1CCCC(Cc2nncn2-c2ccccc2)C1. The number of benzene rings is 1. The van der Waals surface area contributed by atoms with Crippen molar-refractivity contribution >= 4 is 6.03 Å². The van der Waals surface area contributed by atoms with Gasteiger partial charge in [0.1, 0.15) is 12.2 Å². The van der Waals surface area contributed by atoms with Crippen molar-refractivity contribution in [2.24, 2.45) is 5.92 Å². The van der Waals surface area contributed by atoms with Crippen LogP contribution in [-0.4, -0.2) is 44.8 Å². The van der Waals surface area contributed by atoms with Crippen LogP contribution in [0.1, 0.15) is 44.3 Å². The van der Waals surface area contributed by atoms with E-state index in [1.54, 1.807) is 6.33 Å². The van der Waals surface area contributed by atoms with E-state index in [0.29, 0.717) is 12.0 Å². The summed E-state index contributed by atoms with van der Waals surface area (Å²) in [6.07, 6.45) is 9.55. The van der Waals surface area contributed by atoms with Crippen molar-refractivity contribution in [1.29, 1.82) is 0 Å². The van der Waals surface area contributed by atoms with Gasteiger partial charge in [0.2, 0.25) is 0 Å². The highest BCUT2D eigenvalue weighted by Gasteiger charge is 2.27. The van der Waals surface area contributed by atoms with Crippen LogP contribution in [0.3, 0.4) is 0 Å². The van der Waals surface area contributed by atoms with E-state index in [1.807, 2.05) is 23.1 Å². The van der Waals surface area contributed by atoms with Gasteiger partial charge in [-0.15, -0.1) is 10.2 Å². The Morgan fingerprint density at radius 1 is 1.12 bits per heavy atom. The van der Waals surface area contributed by atoms with Crippen LogP contribution in [0.15, 0.2) is 36.7 Å². The lowest BCUT2D eigenvalue weighted by Crippen LogP contribution is -2.48. The highest BCUT2D eigenvalue weighted by Crippen LogP contribution is 2.23. The topological polar surface area (TPSA) is 63.1 Å². The van der Waals surface area contributed by atoms with E-state index in [-0.39, 0.29) is 6.03 Å². The van der Waals surface area contributed by atoms with E-state index in [0.717, 1.165) is 56.7 Å². The normalized spacial score (nSPS) is 21.1. The van der Waals surface area contributed by atoms with Crippen LogP contribution in [0.5, 0.6) is 0 Å². The van der Waals surface area contributed by atoms with Gasteiger partial charge in [-0.3, -0.25) is 4.57 Å². The van der Waals surface area contributed by atoms with Gasteiger partial charge >= 0.3 is 6.03 Å². The molecule has 2 aromatic rings. The molecule has 26 heavy (non-hydrogen) atoms. The van der Waals surface area contributed by atoms with E-state index < -0.39 is 0 Å². The third-order valence-electron chi connectivity index (χ3n) is 5.61. The molecule has 6 heteroatoms. The standard InChI is InChI=1S/C20H27N5O/c26-20(22-17-8-4-5-9-17)24-12-6-7-16(14-24)13-19-23-21-15-25(19)18-10-2-1-3-11-18/h1-3,10-11,15-17H,4-9,12-14H2,(H,22,26). The average Bonchev–Trinajstić information content (AvgIpc) is 3.35. The summed E-state index contributed by atoms with van der Waals surface area (Å²) < 4.78 is 2.05. The summed E-state index contributed by atoms with van der Waals surface area (Å²) in [7, 11) is 0. The molecular formula is C20H27N5O. The zero-order valence-electron chi connectivity index (χ0n) is 15.2. The maximum atomic E-state index is 12.6. The molecule has 4 rings (SSSR count). The number of aromatic nitrogens is 3. The molecule has 2 fully saturated rings. The summed E-state index contributed by atoms with van der Waals surface area (Å²) >= 11 is 0. The van der Waals surface area contributed by atoms with Gasteiger partial charge in [-0.2, -0.15) is 0 Å². The summed E-state index contributed by atoms with van der Waals surface area (Å²) in [5.41, 5.74) is 1.08. The van der Waals surface area contributed by atoms with Gasteiger partial charge in [-0.05, 0) is 43.7 Å². The lowest BCUT2D eigenvalue weighted by atomic mass is 9.94. The first kappa shape index (κ1) is 17.1. The minimum atomic E-state index is 0.117. The van der Waals surface area contributed by atoms with Gasteiger partial charge < -0.3 is 10.2 Å². The third-order valence-corrected chi connectivity index (χ3v) is 5.61. The molecule has 1 unspecified atom stereocenters. The van der Waals surface area contributed by atoms with Crippen molar-refractivity contribution in [3.8, 4) is 5.69 Å². The fourth-order valence-electron chi connectivity index (χ4n) is 4.21. The Morgan fingerprint density at radius 2 is 1.92 bits per heavy atom. The minimum Gasteiger partial charge on any atom is -0.335 e. The molecule has 1 saturated carbocycles. The molecule has 0 bridgehead atoms. The Kier molecular flexibility index (Phi) is 5.18. The number of hydrogen-bond acceptors (Lipinski definition) is 3. The number of piperidine rings is 1. The average molecular weight is 353 g/mol. The maximum Gasteiger partial charge on any atom is 0.317 e. The highest BCUT2D eigenvalue weighted by atomic mass is 16.2. The van der Waals surface area contributed by atoms with Crippen LogP contribution in [0.4, 0.5) is 4.79 Å². The zero-order chi connectivity index (χ0) is 17.8. The maximum absolute atomic E-state index is 12.6. The summed E-state index contributed by atoms with van der Waals surface area (Å²) in [5.74, 6) is 1.41. The number of para-hydroxylation sites is 1. The number of nitrogens with zero attached hydrogens (tertiary/aromatic N) is 4. The van der Waals surface area contributed by atoms with Crippen molar-refractivity contribution < 1.29 is 4.79 Å². The van der Waals surface area contributed by atoms with E-state index in [9.17, 15) is 4.79 Å². The Bertz CT molecular complexity index is 723. The fraction of sp³-hybridized carbons (Fsp3) is 0.550. The number of rotatable bonds is 4. The first-order valence-corrected chi connectivity index (χ1v) is 9.79. The quantitative estimate of drug-likeness (QED) is 0.918. The van der Waals surface area contributed by atoms with Crippen molar-refractivity contribution in [2.45, 2.75) is 51.0 Å². The Balaban J connectivity index is 1.38. The number of amides is 2. The molecule has 1 aliphatic heterocycles. The predicted octanol–water partition coefficient (Wildman–Crippen LogP) is 3.17. The molecule has 2 aliphatic rings. The molecule has 1 aliphatic carbocycles. The second-order valence-electron chi connectivity index (χ2n) is 7.54. The molecule has 1 aromatic carbocycles. The van der Waals surface area contributed by atoms with Gasteiger partial charge in [-0.1, -0.05) is 31.0 Å². The summed E-state index contributed by atoms with van der Waals surface area (Å²) in [4.78, 5) is 14.6. The number of hydrogen-bond donors (Lipinski definition) is 1. The number of urea groups is 1.